The third-order valence-electron chi connectivity index (χ3n) is 5.41. The zero-order valence-electron chi connectivity index (χ0n) is 17.0. The number of allylic oxidation sites excluding steroid dienone is 1. The van der Waals surface area contributed by atoms with Crippen molar-refractivity contribution in [3.05, 3.63) is 70.3 Å². The van der Waals surface area contributed by atoms with Gasteiger partial charge in [0.05, 0.1) is 43.4 Å². The first kappa shape index (κ1) is 20.3. The van der Waals surface area contributed by atoms with Crippen LogP contribution in [0.1, 0.15) is 23.5 Å². The Bertz CT molecular complexity index is 1020. The fourth-order valence-corrected chi connectivity index (χ4v) is 5.14. The smallest absolute Gasteiger partial charge is 0.229 e. The molecular weight excluding hydrogens is 398 g/mol. The van der Waals surface area contributed by atoms with Crippen LogP contribution in [0.3, 0.4) is 0 Å². The lowest BCUT2D eigenvalue weighted by atomic mass is 9.85. The number of methoxy groups -OCH3 is 2. The van der Waals surface area contributed by atoms with E-state index >= 15 is 0 Å². The molecule has 7 heteroatoms. The largest absolute Gasteiger partial charge is 0.493 e. The average Bonchev–Trinajstić information content (AvgIpc) is 2.79. The van der Waals surface area contributed by atoms with Gasteiger partial charge >= 0.3 is 0 Å². The summed E-state index contributed by atoms with van der Waals surface area (Å²) in [5, 5.41) is 10.8. The summed E-state index contributed by atoms with van der Waals surface area (Å²) < 4.78 is 11.0. The van der Waals surface area contributed by atoms with E-state index in [0.717, 1.165) is 23.0 Å². The molecule has 0 N–H and O–H groups in total. The molecule has 1 atom stereocenters. The molecule has 1 fully saturated rings. The monoisotopic (exact) mass is 421 g/mol. The van der Waals surface area contributed by atoms with Gasteiger partial charge in [-0.15, -0.1) is 0 Å². The normalized spacial score (nSPS) is 19.3. The van der Waals surface area contributed by atoms with Gasteiger partial charge in [0.2, 0.25) is 5.91 Å². The van der Waals surface area contributed by atoms with Gasteiger partial charge in [-0.25, -0.2) is 0 Å². The molecule has 0 unspecified atom stereocenters. The molecule has 2 aliphatic rings. The quantitative estimate of drug-likeness (QED) is 0.729. The van der Waals surface area contributed by atoms with Crippen LogP contribution in [0.2, 0.25) is 0 Å². The van der Waals surface area contributed by atoms with Crippen LogP contribution in [0.25, 0.3) is 0 Å². The summed E-state index contributed by atoms with van der Waals surface area (Å²) in [7, 11) is 3.16. The fraction of sp³-hybridized carbons (Fsp3) is 0.304. The molecule has 154 valence electrons. The zero-order valence-corrected chi connectivity index (χ0v) is 17.8. The molecule has 0 aliphatic carbocycles. The van der Waals surface area contributed by atoms with Crippen molar-refractivity contribution in [3.63, 3.8) is 0 Å². The summed E-state index contributed by atoms with van der Waals surface area (Å²) in [6, 6.07) is 18.2. The molecule has 0 aromatic heterocycles. The summed E-state index contributed by atoms with van der Waals surface area (Å²) in [6.07, 6.45) is 0.232. The summed E-state index contributed by atoms with van der Waals surface area (Å²) in [4.78, 5) is 17.1. The van der Waals surface area contributed by atoms with Crippen molar-refractivity contribution in [2.45, 2.75) is 18.9 Å². The maximum absolute atomic E-state index is 13.1. The van der Waals surface area contributed by atoms with Gasteiger partial charge in [0.15, 0.2) is 11.5 Å². The lowest BCUT2D eigenvalue weighted by Gasteiger charge is -2.41. The van der Waals surface area contributed by atoms with Gasteiger partial charge in [0, 0.05) is 24.4 Å². The molecule has 2 aliphatic heterocycles. The summed E-state index contributed by atoms with van der Waals surface area (Å²) >= 11 is 1.55. The van der Waals surface area contributed by atoms with Crippen molar-refractivity contribution < 1.29 is 14.3 Å². The number of ether oxygens (including phenoxy) is 2. The van der Waals surface area contributed by atoms with Crippen LogP contribution in [0.4, 0.5) is 0 Å². The lowest BCUT2D eigenvalue weighted by Crippen LogP contribution is -2.46. The predicted octanol–water partition coefficient (Wildman–Crippen LogP) is 3.92. The van der Waals surface area contributed by atoms with Crippen LogP contribution in [0.15, 0.2) is 59.1 Å². The summed E-state index contributed by atoms with van der Waals surface area (Å²) in [5.41, 5.74) is 2.63. The Balaban J connectivity index is 1.65. The van der Waals surface area contributed by atoms with Gasteiger partial charge in [0.25, 0.3) is 0 Å². The van der Waals surface area contributed by atoms with Crippen LogP contribution in [0, 0.1) is 11.3 Å². The van der Waals surface area contributed by atoms with E-state index in [1.165, 1.54) is 5.56 Å². The molecule has 1 amide bonds. The molecular formula is C23H23N3O3S. The number of nitriles is 1. The average molecular weight is 422 g/mol. The predicted molar refractivity (Wildman–Crippen MR) is 116 cm³/mol. The van der Waals surface area contributed by atoms with Crippen LogP contribution in [-0.4, -0.2) is 42.5 Å². The van der Waals surface area contributed by atoms with Crippen molar-refractivity contribution in [3.8, 4) is 17.6 Å². The minimum absolute atomic E-state index is 0.0177. The van der Waals surface area contributed by atoms with E-state index in [0.29, 0.717) is 23.7 Å². The molecule has 0 saturated carbocycles. The van der Waals surface area contributed by atoms with Gasteiger partial charge in [0.1, 0.15) is 0 Å². The van der Waals surface area contributed by atoms with Crippen molar-refractivity contribution in [1.29, 1.82) is 5.26 Å². The minimum Gasteiger partial charge on any atom is -0.493 e. The maximum atomic E-state index is 13.1. The van der Waals surface area contributed by atoms with E-state index in [9.17, 15) is 10.1 Å². The van der Waals surface area contributed by atoms with Crippen LogP contribution >= 0.6 is 11.8 Å². The number of carbonyl (C=O) groups is 1. The van der Waals surface area contributed by atoms with Gasteiger partial charge in [-0.05, 0) is 11.6 Å². The summed E-state index contributed by atoms with van der Waals surface area (Å²) in [6.45, 7) is 1.25. The molecule has 30 heavy (non-hydrogen) atoms. The Morgan fingerprint density at radius 3 is 2.63 bits per heavy atom. The van der Waals surface area contributed by atoms with E-state index in [1.54, 1.807) is 30.9 Å². The minimum atomic E-state index is -0.341. The molecule has 0 spiro atoms. The van der Waals surface area contributed by atoms with Gasteiger partial charge in [-0.2, -0.15) is 5.26 Å². The van der Waals surface area contributed by atoms with Crippen LogP contribution in [-0.2, 0) is 11.3 Å². The standard InChI is InChI=1S/C23H23N3O3S/c1-28-20-10-6-9-17(22(20)29-2)18-11-21(27)26-14-25(13-16-7-4-3-5-8-16)15-30-23(26)19(18)12-24/h3-10,18H,11,13-15H2,1-2H3/t18-/m1/s1. The molecule has 0 bridgehead atoms. The topological polar surface area (TPSA) is 65.8 Å². The number of carbonyl (C=O) groups excluding carboxylic acids is 1. The van der Waals surface area contributed by atoms with E-state index in [2.05, 4.69) is 23.1 Å². The number of thioether (sulfide) groups is 1. The number of benzene rings is 2. The highest BCUT2D eigenvalue weighted by atomic mass is 32.2. The molecule has 2 aromatic rings. The van der Waals surface area contributed by atoms with Crippen molar-refractivity contribution in [2.24, 2.45) is 0 Å². The Morgan fingerprint density at radius 1 is 1.13 bits per heavy atom. The number of hydrogen-bond acceptors (Lipinski definition) is 6. The third kappa shape index (κ3) is 3.76. The first-order chi connectivity index (χ1) is 14.7. The Hall–Kier alpha value is -2.95. The highest BCUT2D eigenvalue weighted by Gasteiger charge is 2.39. The van der Waals surface area contributed by atoms with Crippen molar-refractivity contribution >= 4 is 17.7 Å². The third-order valence-corrected chi connectivity index (χ3v) is 6.62. The second-order valence-corrected chi connectivity index (χ2v) is 8.15. The van der Waals surface area contributed by atoms with Crippen molar-refractivity contribution in [2.75, 3.05) is 26.8 Å². The molecule has 6 nitrogen and oxygen atoms in total. The molecule has 2 aromatic carbocycles. The highest BCUT2D eigenvalue weighted by Crippen LogP contribution is 2.46. The number of hydrogen-bond donors (Lipinski definition) is 0. The number of nitrogens with zero attached hydrogens (tertiary/aromatic N) is 3. The Kier molecular flexibility index (Phi) is 5.98. The van der Waals surface area contributed by atoms with Crippen LogP contribution in [0.5, 0.6) is 11.5 Å². The van der Waals surface area contributed by atoms with Crippen molar-refractivity contribution in [1.82, 2.24) is 9.80 Å². The Morgan fingerprint density at radius 2 is 1.93 bits per heavy atom. The van der Waals surface area contributed by atoms with E-state index < -0.39 is 0 Å². The molecule has 0 radical (unpaired) electrons. The van der Waals surface area contributed by atoms with Gasteiger partial charge < -0.3 is 9.47 Å². The molecule has 1 saturated heterocycles. The zero-order chi connectivity index (χ0) is 21.1. The number of amides is 1. The highest BCUT2D eigenvalue weighted by molar-refractivity contribution is 8.03. The second-order valence-electron chi connectivity index (χ2n) is 7.22. The first-order valence-electron chi connectivity index (χ1n) is 9.70. The van der Waals surface area contributed by atoms with Gasteiger partial charge in [-0.1, -0.05) is 54.2 Å². The second kappa shape index (κ2) is 8.82. The Labute approximate surface area is 180 Å². The maximum Gasteiger partial charge on any atom is 0.229 e. The fourth-order valence-electron chi connectivity index (χ4n) is 4.00. The van der Waals surface area contributed by atoms with Gasteiger partial charge in [-0.3, -0.25) is 14.6 Å². The van der Waals surface area contributed by atoms with E-state index in [1.807, 2.05) is 36.4 Å². The molecule has 2 heterocycles. The van der Waals surface area contributed by atoms with E-state index in [-0.39, 0.29) is 18.2 Å². The molecule has 4 rings (SSSR count). The lowest BCUT2D eigenvalue weighted by molar-refractivity contribution is -0.131. The number of para-hydroxylation sites is 1. The van der Waals surface area contributed by atoms with Crippen LogP contribution < -0.4 is 9.47 Å². The first-order valence-corrected chi connectivity index (χ1v) is 10.7. The number of fused-ring (bicyclic) bond motifs is 1. The summed E-state index contributed by atoms with van der Waals surface area (Å²) in [5.74, 6) is 1.57. The SMILES string of the molecule is COc1cccc([C@H]2CC(=O)N3CN(Cc4ccccc4)CSC3=C2C#N)c1OC. The number of rotatable bonds is 5. The van der Waals surface area contributed by atoms with E-state index in [4.69, 9.17) is 9.47 Å².